The van der Waals surface area contributed by atoms with Crippen LogP contribution in [-0.4, -0.2) is 11.0 Å². The van der Waals surface area contributed by atoms with E-state index in [9.17, 15) is 18.3 Å². The summed E-state index contributed by atoms with van der Waals surface area (Å²) in [5.41, 5.74) is 0.488. The van der Waals surface area contributed by atoms with Gasteiger partial charge in [-0.2, -0.15) is 0 Å². The molecule has 1 saturated carbocycles. The predicted molar refractivity (Wildman–Crippen MR) is 68.0 cm³/mol. The van der Waals surface area contributed by atoms with Crippen LogP contribution in [-0.2, 0) is 0 Å². The van der Waals surface area contributed by atoms with Crippen molar-refractivity contribution < 1.29 is 22.7 Å². The van der Waals surface area contributed by atoms with Crippen LogP contribution in [0.15, 0.2) is 28.7 Å². The lowest BCUT2D eigenvalue weighted by Crippen LogP contribution is -2.27. The lowest BCUT2D eigenvalue weighted by Gasteiger charge is -2.30. The number of aliphatic hydroxyl groups is 1. The Hall–Kier alpha value is -1.49. The molecule has 5 heteroatoms. The highest BCUT2D eigenvalue weighted by Crippen LogP contribution is 2.42. The van der Waals surface area contributed by atoms with Crippen molar-refractivity contribution in [3.05, 3.63) is 35.8 Å². The Morgan fingerprint density at radius 2 is 1.90 bits per heavy atom. The van der Waals surface area contributed by atoms with Crippen molar-refractivity contribution >= 4 is 11.0 Å². The second kappa shape index (κ2) is 4.81. The highest BCUT2D eigenvalue weighted by atomic mass is 19.3. The molecule has 1 aromatic heterocycles. The molecule has 1 heterocycles. The Kier molecular flexibility index (Phi) is 3.24. The van der Waals surface area contributed by atoms with Gasteiger partial charge in [-0.3, -0.25) is 0 Å². The normalized spacial score (nSPS) is 21.2. The fourth-order valence-electron chi connectivity index (χ4n) is 2.79. The van der Waals surface area contributed by atoms with E-state index >= 15 is 0 Å². The van der Waals surface area contributed by atoms with Crippen LogP contribution in [0.25, 0.3) is 11.0 Å². The molecule has 108 valence electrons. The van der Waals surface area contributed by atoms with E-state index in [1.165, 1.54) is 18.2 Å². The summed E-state index contributed by atoms with van der Waals surface area (Å²) in [5, 5.41) is 10.8. The molecule has 1 aromatic carbocycles. The molecule has 1 atom stereocenters. The second-order valence-corrected chi connectivity index (χ2v) is 5.47. The summed E-state index contributed by atoms with van der Waals surface area (Å²) in [4.78, 5) is 0. The van der Waals surface area contributed by atoms with Crippen LogP contribution < -0.4 is 0 Å². The summed E-state index contributed by atoms with van der Waals surface area (Å²) in [6.45, 7) is 0. The zero-order chi connectivity index (χ0) is 14.3. The van der Waals surface area contributed by atoms with Crippen molar-refractivity contribution in [3.63, 3.8) is 0 Å². The molecule has 0 aliphatic heterocycles. The van der Waals surface area contributed by atoms with E-state index in [1.54, 1.807) is 6.07 Å². The minimum absolute atomic E-state index is 0.205. The van der Waals surface area contributed by atoms with E-state index in [2.05, 4.69) is 0 Å². The summed E-state index contributed by atoms with van der Waals surface area (Å²) in [7, 11) is 0. The molecule has 2 nitrogen and oxygen atoms in total. The van der Waals surface area contributed by atoms with Crippen LogP contribution in [0.3, 0.4) is 0 Å². The van der Waals surface area contributed by atoms with Crippen molar-refractivity contribution in [2.24, 2.45) is 5.92 Å². The number of aliphatic hydroxyl groups excluding tert-OH is 1. The van der Waals surface area contributed by atoms with E-state index in [1.807, 2.05) is 0 Å². The average Bonchev–Trinajstić information content (AvgIpc) is 2.80. The Bertz CT molecular complexity index is 611. The molecule has 1 aliphatic rings. The van der Waals surface area contributed by atoms with Gasteiger partial charge in [-0.05, 0) is 43.0 Å². The van der Waals surface area contributed by atoms with Gasteiger partial charge >= 0.3 is 0 Å². The van der Waals surface area contributed by atoms with Gasteiger partial charge in [0, 0.05) is 18.2 Å². The third-order valence-corrected chi connectivity index (χ3v) is 4.00. The largest absolute Gasteiger partial charge is 0.458 e. The maximum Gasteiger partial charge on any atom is 0.248 e. The van der Waals surface area contributed by atoms with Gasteiger partial charge in [0.25, 0.3) is 0 Å². The zero-order valence-electron chi connectivity index (χ0n) is 10.8. The highest BCUT2D eigenvalue weighted by Gasteiger charge is 2.38. The molecule has 0 amide bonds. The predicted octanol–water partition coefficient (Wildman–Crippen LogP) is 4.43. The van der Waals surface area contributed by atoms with Gasteiger partial charge in [-0.1, -0.05) is 0 Å². The van der Waals surface area contributed by atoms with Crippen molar-refractivity contribution in [2.75, 3.05) is 0 Å². The minimum atomic E-state index is -2.62. The Balaban J connectivity index is 1.80. The van der Waals surface area contributed by atoms with Crippen molar-refractivity contribution in [2.45, 2.75) is 37.7 Å². The van der Waals surface area contributed by atoms with E-state index in [4.69, 9.17) is 4.42 Å². The van der Waals surface area contributed by atoms with Crippen LogP contribution in [0, 0.1) is 11.7 Å². The molecular weight excluding hydrogens is 269 g/mol. The molecule has 0 saturated heterocycles. The van der Waals surface area contributed by atoms with Gasteiger partial charge in [0.2, 0.25) is 5.92 Å². The van der Waals surface area contributed by atoms with E-state index in [-0.39, 0.29) is 37.4 Å². The van der Waals surface area contributed by atoms with Crippen LogP contribution in [0.4, 0.5) is 13.2 Å². The molecule has 1 N–H and O–H groups in total. The standard InChI is InChI=1S/C15H15F3O2/c16-11-1-2-12-10(7-11)8-13(20-12)14(19)9-3-5-15(17,18)6-4-9/h1-2,7-9,14,19H,3-6H2. The van der Waals surface area contributed by atoms with Crippen LogP contribution in [0.5, 0.6) is 0 Å². The maximum atomic E-state index is 13.1. The highest BCUT2D eigenvalue weighted by molar-refractivity contribution is 5.77. The van der Waals surface area contributed by atoms with Crippen LogP contribution in [0.2, 0.25) is 0 Å². The number of benzene rings is 1. The second-order valence-electron chi connectivity index (χ2n) is 5.47. The fourth-order valence-corrected chi connectivity index (χ4v) is 2.79. The van der Waals surface area contributed by atoms with E-state index in [0.29, 0.717) is 16.7 Å². The van der Waals surface area contributed by atoms with Crippen molar-refractivity contribution in [1.29, 1.82) is 0 Å². The number of rotatable bonds is 2. The molecule has 0 radical (unpaired) electrons. The first-order chi connectivity index (χ1) is 9.44. The Labute approximate surface area is 114 Å². The number of alkyl halides is 2. The fraction of sp³-hybridized carbons (Fsp3) is 0.467. The number of hydrogen-bond donors (Lipinski definition) is 1. The maximum absolute atomic E-state index is 13.1. The number of furan rings is 1. The molecule has 2 aromatic rings. The molecular formula is C15H15F3O2. The van der Waals surface area contributed by atoms with Gasteiger partial charge in [0.1, 0.15) is 23.3 Å². The topological polar surface area (TPSA) is 33.4 Å². The van der Waals surface area contributed by atoms with Crippen LogP contribution in [0.1, 0.15) is 37.5 Å². The summed E-state index contributed by atoms with van der Waals surface area (Å²) in [6.07, 6.45) is -0.798. The van der Waals surface area contributed by atoms with Gasteiger partial charge in [0.15, 0.2) is 0 Å². The molecule has 1 fully saturated rings. The first kappa shape index (κ1) is 13.5. The smallest absolute Gasteiger partial charge is 0.248 e. The first-order valence-electron chi connectivity index (χ1n) is 6.69. The lowest BCUT2D eigenvalue weighted by molar-refractivity contribution is -0.0650. The Morgan fingerprint density at radius 3 is 2.60 bits per heavy atom. The Morgan fingerprint density at radius 1 is 1.20 bits per heavy atom. The summed E-state index contributed by atoms with van der Waals surface area (Å²) in [5.74, 6) is -2.91. The monoisotopic (exact) mass is 284 g/mol. The van der Waals surface area contributed by atoms with Gasteiger partial charge in [-0.25, -0.2) is 13.2 Å². The summed E-state index contributed by atoms with van der Waals surface area (Å²) >= 11 is 0. The van der Waals surface area contributed by atoms with Gasteiger partial charge < -0.3 is 9.52 Å². The third-order valence-electron chi connectivity index (χ3n) is 4.00. The molecule has 0 bridgehead atoms. The quantitative estimate of drug-likeness (QED) is 0.885. The van der Waals surface area contributed by atoms with Crippen LogP contribution >= 0.6 is 0 Å². The lowest BCUT2D eigenvalue weighted by atomic mass is 9.82. The third kappa shape index (κ3) is 2.54. The molecule has 20 heavy (non-hydrogen) atoms. The van der Waals surface area contributed by atoms with Gasteiger partial charge in [-0.15, -0.1) is 0 Å². The molecule has 3 rings (SSSR count). The summed E-state index contributed by atoms with van der Waals surface area (Å²) < 4.78 is 44.8. The summed E-state index contributed by atoms with van der Waals surface area (Å²) in [6, 6.07) is 5.68. The molecule has 1 unspecified atom stereocenters. The number of halogens is 3. The first-order valence-corrected chi connectivity index (χ1v) is 6.69. The van der Waals surface area contributed by atoms with Crippen molar-refractivity contribution in [3.8, 4) is 0 Å². The molecule has 1 aliphatic carbocycles. The SMILES string of the molecule is OC(c1cc2cc(F)ccc2o1)C1CCC(F)(F)CC1. The molecule has 0 spiro atoms. The van der Waals surface area contributed by atoms with Crippen molar-refractivity contribution in [1.82, 2.24) is 0 Å². The van der Waals surface area contributed by atoms with Gasteiger partial charge in [0.05, 0.1) is 0 Å². The van der Waals surface area contributed by atoms with E-state index in [0.717, 1.165) is 0 Å². The zero-order valence-corrected chi connectivity index (χ0v) is 10.8. The number of fused-ring (bicyclic) bond motifs is 1. The number of hydrogen-bond acceptors (Lipinski definition) is 2. The average molecular weight is 284 g/mol. The van der Waals surface area contributed by atoms with E-state index < -0.39 is 12.0 Å². The minimum Gasteiger partial charge on any atom is -0.458 e.